The molecule has 0 spiro atoms. The third-order valence-corrected chi connectivity index (χ3v) is 2.26. The number of halogens is 3. The first-order chi connectivity index (χ1) is 8.97. The van der Waals surface area contributed by atoms with Crippen molar-refractivity contribution in [1.29, 1.82) is 0 Å². The van der Waals surface area contributed by atoms with Gasteiger partial charge in [-0.3, -0.25) is 9.78 Å². The van der Waals surface area contributed by atoms with Gasteiger partial charge in [0.05, 0.1) is 0 Å². The maximum absolute atomic E-state index is 13.0. The summed E-state index contributed by atoms with van der Waals surface area (Å²) in [4.78, 5) is 15.5. The van der Waals surface area contributed by atoms with Crippen LogP contribution in [0.4, 0.5) is 24.5 Å². The topological polar surface area (TPSA) is 68.0 Å². The van der Waals surface area contributed by atoms with Gasteiger partial charge in [0.2, 0.25) is 0 Å². The zero-order chi connectivity index (χ0) is 14.0. The van der Waals surface area contributed by atoms with E-state index in [1.165, 1.54) is 18.3 Å². The van der Waals surface area contributed by atoms with Crippen molar-refractivity contribution in [2.75, 3.05) is 11.1 Å². The summed E-state index contributed by atoms with van der Waals surface area (Å²) in [5.74, 6) is -5.09. The molecule has 0 saturated carbocycles. The normalized spacial score (nSPS) is 10.3. The minimum absolute atomic E-state index is 0.0230. The van der Waals surface area contributed by atoms with Gasteiger partial charge in [-0.15, -0.1) is 0 Å². The molecular weight excluding hydrogens is 259 g/mol. The second kappa shape index (κ2) is 4.97. The fraction of sp³-hybridized carbons (Fsp3) is 0. The lowest BCUT2D eigenvalue weighted by Crippen LogP contribution is -2.14. The molecular formula is C12H8F3N3O. The van der Waals surface area contributed by atoms with Crippen LogP contribution in [0.1, 0.15) is 10.5 Å². The Labute approximate surface area is 106 Å². The van der Waals surface area contributed by atoms with E-state index in [-0.39, 0.29) is 11.4 Å². The molecule has 0 aliphatic heterocycles. The predicted octanol–water partition coefficient (Wildman–Crippen LogP) is 2.33. The minimum atomic E-state index is -1.60. The first-order valence-electron chi connectivity index (χ1n) is 5.15. The Hall–Kier alpha value is -2.57. The average molecular weight is 267 g/mol. The summed E-state index contributed by atoms with van der Waals surface area (Å²) in [6.45, 7) is 0. The van der Waals surface area contributed by atoms with Crippen molar-refractivity contribution in [3.8, 4) is 0 Å². The maximum Gasteiger partial charge on any atom is 0.274 e. The second-order valence-corrected chi connectivity index (χ2v) is 3.68. The molecule has 2 rings (SSSR count). The zero-order valence-electron chi connectivity index (χ0n) is 9.45. The number of carbonyl (C=O) groups is 1. The van der Waals surface area contributed by atoms with Gasteiger partial charge in [-0.2, -0.15) is 0 Å². The molecule has 0 radical (unpaired) electrons. The van der Waals surface area contributed by atoms with Crippen LogP contribution in [0.5, 0.6) is 0 Å². The molecule has 1 aromatic heterocycles. The summed E-state index contributed by atoms with van der Waals surface area (Å²) >= 11 is 0. The highest BCUT2D eigenvalue weighted by Crippen LogP contribution is 2.18. The summed E-state index contributed by atoms with van der Waals surface area (Å²) in [6.07, 6.45) is 1.32. The lowest BCUT2D eigenvalue weighted by Gasteiger charge is -2.06. The van der Waals surface area contributed by atoms with E-state index in [4.69, 9.17) is 5.73 Å². The van der Waals surface area contributed by atoms with Gasteiger partial charge in [0.15, 0.2) is 17.5 Å². The number of anilines is 2. The molecule has 1 heterocycles. The van der Waals surface area contributed by atoms with Gasteiger partial charge in [0, 0.05) is 29.7 Å². The van der Waals surface area contributed by atoms with Crippen molar-refractivity contribution in [2.45, 2.75) is 0 Å². The molecule has 7 heteroatoms. The minimum Gasteiger partial charge on any atom is -0.399 e. The summed E-state index contributed by atoms with van der Waals surface area (Å²) in [7, 11) is 0. The van der Waals surface area contributed by atoms with E-state index in [9.17, 15) is 18.0 Å². The smallest absolute Gasteiger partial charge is 0.274 e. The highest BCUT2D eigenvalue weighted by Gasteiger charge is 2.13. The van der Waals surface area contributed by atoms with Crippen molar-refractivity contribution < 1.29 is 18.0 Å². The largest absolute Gasteiger partial charge is 0.399 e. The first kappa shape index (κ1) is 12.9. The van der Waals surface area contributed by atoms with Crippen LogP contribution in [0.2, 0.25) is 0 Å². The van der Waals surface area contributed by atoms with Gasteiger partial charge >= 0.3 is 0 Å². The highest BCUT2D eigenvalue weighted by molar-refractivity contribution is 6.03. The number of hydrogen-bond donors (Lipinski definition) is 2. The molecule has 0 unspecified atom stereocenters. The van der Waals surface area contributed by atoms with Crippen LogP contribution in [-0.2, 0) is 0 Å². The molecule has 4 nitrogen and oxygen atoms in total. The fourth-order valence-electron chi connectivity index (χ4n) is 1.39. The number of amides is 1. The Balaban J connectivity index is 2.24. The number of carbonyl (C=O) groups excluding carboxylic acids is 1. The van der Waals surface area contributed by atoms with E-state index in [0.29, 0.717) is 17.8 Å². The average Bonchev–Trinajstić information content (AvgIpc) is 2.36. The van der Waals surface area contributed by atoms with Gasteiger partial charge in [0.1, 0.15) is 5.69 Å². The number of nitrogens with two attached hydrogens (primary N) is 1. The van der Waals surface area contributed by atoms with Crippen molar-refractivity contribution in [2.24, 2.45) is 0 Å². The molecule has 0 saturated heterocycles. The summed E-state index contributed by atoms with van der Waals surface area (Å²) in [6, 6.07) is 4.12. The Bertz CT molecular complexity index is 623. The van der Waals surface area contributed by atoms with E-state index in [0.717, 1.165) is 0 Å². The summed E-state index contributed by atoms with van der Waals surface area (Å²) in [5.41, 5.74) is 5.54. The number of rotatable bonds is 2. The second-order valence-electron chi connectivity index (χ2n) is 3.68. The number of pyridine rings is 1. The number of aromatic nitrogens is 1. The number of benzene rings is 1. The summed E-state index contributed by atoms with van der Waals surface area (Å²) in [5, 5.41) is 2.19. The van der Waals surface area contributed by atoms with Gasteiger partial charge in [0.25, 0.3) is 5.91 Å². The van der Waals surface area contributed by atoms with Crippen LogP contribution in [0.15, 0.2) is 30.5 Å². The number of hydrogen-bond acceptors (Lipinski definition) is 3. The Kier molecular flexibility index (Phi) is 3.37. The Morgan fingerprint density at radius 3 is 2.37 bits per heavy atom. The molecule has 1 aromatic carbocycles. The molecule has 0 aliphatic rings. The van der Waals surface area contributed by atoms with Crippen molar-refractivity contribution in [3.05, 3.63) is 53.6 Å². The van der Waals surface area contributed by atoms with Crippen molar-refractivity contribution in [3.63, 3.8) is 0 Å². The maximum atomic E-state index is 13.0. The third-order valence-electron chi connectivity index (χ3n) is 2.26. The number of nitrogens with one attached hydrogen (secondary N) is 1. The van der Waals surface area contributed by atoms with E-state index < -0.39 is 23.4 Å². The van der Waals surface area contributed by atoms with Crippen LogP contribution >= 0.6 is 0 Å². The van der Waals surface area contributed by atoms with Crippen LogP contribution in [-0.4, -0.2) is 10.9 Å². The first-order valence-corrected chi connectivity index (χ1v) is 5.15. The molecule has 98 valence electrons. The molecule has 0 bridgehead atoms. The molecule has 1 amide bonds. The number of nitrogen functional groups attached to an aromatic ring is 1. The standard InChI is InChI=1S/C12H8F3N3O/c13-8-4-7(5-9(14)11(8)15)18-12(19)10-3-6(16)1-2-17-10/h1-5H,(H2,16,17)(H,18,19). The quantitative estimate of drug-likeness (QED) is 0.820. The Morgan fingerprint density at radius 1 is 1.16 bits per heavy atom. The molecule has 0 aliphatic carbocycles. The molecule has 2 aromatic rings. The van der Waals surface area contributed by atoms with Crippen LogP contribution < -0.4 is 11.1 Å². The van der Waals surface area contributed by atoms with E-state index >= 15 is 0 Å². The van der Waals surface area contributed by atoms with E-state index in [2.05, 4.69) is 10.3 Å². The number of nitrogens with zero attached hydrogens (tertiary/aromatic N) is 1. The third kappa shape index (κ3) is 2.82. The monoisotopic (exact) mass is 267 g/mol. The van der Waals surface area contributed by atoms with Crippen LogP contribution in [0, 0.1) is 17.5 Å². The Morgan fingerprint density at radius 2 is 1.79 bits per heavy atom. The van der Waals surface area contributed by atoms with Gasteiger partial charge in [-0.05, 0) is 12.1 Å². The van der Waals surface area contributed by atoms with E-state index in [1.54, 1.807) is 0 Å². The highest BCUT2D eigenvalue weighted by atomic mass is 19.2. The molecule has 19 heavy (non-hydrogen) atoms. The molecule has 3 N–H and O–H groups in total. The zero-order valence-corrected chi connectivity index (χ0v) is 9.45. The predicted molar refractivity (Wildman–Crippen MR) is 62.9 cm³/mol. The fourth-order valence-corrected chi connectivity index (χ4v) is 1.39. The van der Waals surface area contributed by atoms with Crippen LogP contribution in [0.25, 0.3) is 0 Å². The lowest BCUT2D eigenvalue weighted by atomic mass is 10.2. The van der Waals surface area contributed by atoms with Gasteiger partial charge in [-0.25, -0.2) is 13.2 Å². The van der Waals surface area contributed by atoms with E-state index in [1.807, 2.05) is 0 Å². The van der Waals surface area contributed by atoms with Gasteiger partial charge < -0.3 is 11.1 Å². The lowest BCUT2D eigenvalue weighted by molar-refractivity contribution is 0.102. The molecule has 0 atom stereocenters. The summed E-state index contributed by atoms with van der Waals surface area (Å²) < 4.78 is 38.6. The van der Waals surface area contributed by atoms with Crippen LogP contribution in [0.3, 0.4) is 0 Å². The van der Waals surface area contributed by atoms with Crippen molar-refractivity contribution >= 4 is 17.3 Å². The SMILES string of the molecule is Nc1ccnc(C(=O)Nc2cc(F)c(F)c(F)c2)c1. The van der Waals surface area contributed by atoms with Gasteiger partial charge in [-0.1, -0.05) is 0 Å². The molecule has 0 fully saturated rings. The van der Waals surface area contributed by atoms with Crippen molar-refractivity contribution in [1.82, 2.24) is 4.98 Å².